The zero-order chi connectivity index (χ0) is 18.3. The van der Waals surface area contributed by atoms with Gasteiger partial charge in [-0.2, -0.15) is 0 Å². The average molecular weight is 362 g/mol. The Balaban J connectivity index is 2.02. The summed E-state index contributed by atoms with van der Waals surface area (Å²) in [6.07, 6.45) is 0.345. The summed E-state index contributed by atoms with van der Waals surface area (Å²) in [5, 5.41) is 12.8. The number of nitrogens with one attached hydrogen (secondary N) is 1. The van der Waals surface area contributed by atoms with E-state index in [0.717, 1.165) is 0 Å². The summed E-state index contributed by atoms with van der Waals surface area (Å²) < 4.78 is 5.37. The van der Waals surface area contributed by atoms with Gasteiger partial charge in [0.05, 0.1) is 5.02 Å². The summed E-state index contributed by atoms with van der Waals surface area (Å²) in [5.74, 6) is -0.981. The number of amides is 1. The van der Waals surface area contributed by atoms with Crippen molar-refractivity contribution in [3.05, 3.63) is 65.2 Å². The molecule has 1 atom stereocenters. The Labute approximate surface area is 151 Å². The van der Waals surface area contributed by atoms with Crippen LogP contribution in [0.2, 0.25) is 5.02 Å². The summed E-state index contributed by atoms with van der Waals surface area (Å²) in [4.78, 5) is 24.0. The fourth-order valence-corrected chi connectivity index (χ4v) is 2.73. The number of rotatable bonds is 8. The lowest BCUT2D eigenvalue weighted by Crippen LogP contribution is -2.47. The van der Waals surface area contributed by atoms with E-state index in [0.29, 0.717) is 22.8 Å². The van der Waals surface area contributed by atoms with Gasteiger partial charge in [0.25, 0.3) is 5.91 Å². The van der Waals surface area contributed by atoms with E-state index in [1.165, 1.54) is 0 Å². The van der Waals surface area contributed by atoms with Crippen LogP contribution in [0.25, 0.3) is 0 Å². The smallest absolute Gasteiger partial charge is 0.315 e. The summed E-state index contributed by atoms with van der Waals surface area (Å²) >= 11 is 5.97. The molecule has 0 aromatic heterocycles. The van der Waals surface area contributed by atoms with Gasteiger partial charge in [0, 0.05) is 6.54 Å². The highest BCUT2D eigenvalue weighted by atomic mass is 35.5. The molecular formula is C19H20ClNO4. The summed E-state index contributed by atoms with van der Waals surface area (Å²) in [7, 11) is 0. The van der Waals surface area contributed by atoms with Crippen LogP contribution in [0.1, 0.15) is 18.9 Å². The molecule has 1 amide bonds. The third-order valence-corrected chi connectivity index (χ3v) is 4.43. The average Bonchev–Trinajstić information content (AvgIpc) is 2.62. The van der Waals surface area contributed by atoms with Gasteiger partial charge in [0.2, 0.25) is 0 Å². The molecule has 0 spiro atoms. The molecule has 2 N–H and O–H groups in total. The molecule has 2 aromatic rings. The predicted octanol–water partition coefficient (Wildman–Crippen LogP) is 3.27. The van der Waals surface area contributed by atoms with Crippen LogP contribution in [0.5, 0.6) is 5.75 Å². The number of carbonyl (C=O) groups is 2. The molecule has 0 aliphatic heterocycles. The lowest BCUT2D eigenvalue weighted by Gasteiger charge is -2.29. The van der Waals surface area contributed by atoms with Crippen LogP contribution in [0.4, 0.5) is 0 Å². The van der Waals surface area contributed by atoms with Crippen LogP contribution in [-0.4, -0.2) is 30.1 Å². The molecule has 0 fully saturated rings. The Morgan fingerprint density at radius 2 is 1.76 bits per heavy atom. The number of carboxylic acids is 1. The van der Waals surface area contributed by atoms with Crippen molar-refractivity contribution in [3.8, 4) is 5.75 Å². The molecule has 0 saturated carbocycles. The Bertz CT molecular complexity index is 735. The van der Waals surface area contributed by atoms with Gasteiger partial charge in [-0.25, -0.2) is 0 Å². The van der Waals surface area contributed by atoms with E-state index >= 15 is 0 Å². The minimum Gasteiger partial charge on any atom is -0.482 e. The van der Waals surface area contributed by atoms with E-state index in [-0.39, 0.29) is 13.2 Å². The van der Waals surface area contributed by atoms with Gasteiger partial charge in [-0.1, -0.05) is 61.0 Å². The van der Waals surface area contributed by atoms with Gasteiger partial charge >= 0.3 is 5.97 Å². The molecule has 0 bridgehead atoms. The number of para-hydroxylation sites is 1. The molecule has 0 aliphatic rings. The van der Waals surface area contributed by atoms with Crippen molar-refractivity contribution in [2.24, 2.45) is 0 Å². The Hall–Kier alpha value is -2.53. The highest BCUT2D eigenvalue weighted by molar-refractivity contribution is 6.32. The lowest BCUT2D eigenvalue weighted by atomic mass is 9.78. The van der Waals surface area contributed by atoms with E-state index in [1.54, 1.807) is 55.5 Å². The van der Waals surface area contributed by atoms with Crippen molar-refractivity contribution < 1.29 is 19.4 Å². The third-order valence-electron chi connectivity index (χ3n) is 4.12. The van der Waals surface area contributed by atoms with Crippen LogP contribution in [0.3, 0.4) is 0 Å². The van der Waals surface area contributed by atoms with E-state index in [9.17, 15) is 14.7 Å². The molecule has 1 unspecified atom stereocenters. The monoisotopic (exact) mass is 361 g/mol. The van der Waals surface area contributed by atoms with E-state index in [4.69, 9.17) is 16.3 Å². The molecule has 0 aliphatic carbocycles. The second-order valence-corrected chi connectivity index (χ2v) is 6.01. The summed E-state index contributed by atoms with van der Waals surface area (Å²) in [6.45, 7) is 1.53. The lowest BCUT2D eigenvalue weighted by molar-refractivity contribution is -0.144. The van der Waals surface area contributed by atoms with Crippen molar-refractivity contribution in [2.75, 3.05) is 13.2 Å². The fourth-order valence-electron chi connectivity index (χ4n) is 2.54. The molecule has 0 saturated heterocycles. The van der Waals surface area contributed by atoms with Gasteiger partial charge in [0.15, 0.2) is 6.61 Å². The fraction of sp³-hybridized carbons (Fsp3) is 0.263. The summed E-state index contributed by atoms with van der Waals surface area (Å²) in [6, 6.07) is 15.7. The van der Waals surface area contributed by atoms with E-state index < -0.39 is 17.3 Å². The van der Waals surface area contributed by atoms with Gasteiger partial charge in [-0.3, -0.25) is 9.59 Å². The minimum atomic E-state index is -1.18. The molecule has 132 valence electrons. The molecule has 5 nitrogen and oxygen atoms in total. The number of hydrogen-bond donors (Lipinski definition) is 2. The number of benzene rings is 2. The number of carbonyl (C=O) groups excluding carboxylic acids is 1. The van der Waals surface area contributed by atoms with Crippen molar-refractivity contribution in [1.82, 2.24) is 5.32 Å². The third kappa shape index (κ3) is 4.51. The summed E-state index contributed by atoms with van der Waals surface area (Å²) in [5.41, 5.74) is -0.529. The van der Waals surface area contributed by atoms with Crippen LogP contribution in [-0.2, 0) is 15.0 Å². The first-order chi connectivity index (χ1) is 12.0. The first kappa shape index (κ1) is 18.8. The number of hydrogen-bond acceptors (Lipinski definition) is 3. The number of halogens is 1. The molecule has 2 rings (SSSR count). The Morgan fingerprint density at radius 3 is 2.36 bits per heavy atom. The number of ether oxygens (including phenoxy) is 1. The first-order valence-electron chi connectivity index (χ1n) is 7.92. The highest BCUT2D eigenvalue weighted by Gasteiger charge is 2.38. The zero-order valence-corrected chi connectivity index (χ0v) is 14.6. The maximum absolute atomic E-state index is 12.1. The molecule has 2 aromatic carbocycles. The van der Waals surface area contributed by atoms with Gasteiger partial charge in [-0.05, 0) is 24.1 Å². The van der Waals surface area contributed by atoms with Gasteiger partial charge in [-0.15, -0.1) is 0 Å². The number of aliphatic carboxylic acids is 1. The topological polar surface area (TPSA) is 75.6 Å². The molecule has 25 heavy (non-hydrogen) atoms. The minimum absolute atomic E-state index is 0.0203. The van der Waals surface area contributed by atoms with Crippen LogP contribution < -0.4 is 10.1 Å². The first-order valence-corrected chi connectivity index (χ1v) is 8.30. The molecule has 6 heteroatoms. The second kappa shape index (κ2) is 8.53. The Morgan fingerprint density at radius 1 is 1.12 bits per heavy atom. The normalized spacial score (nSPS) is 12.9. The maximum Gasteiger partial charge on any atom is 0.315 e. The standard InChI is InChI=1S/C19H20ClNO4/c1-2-19(18(23)24,14-8-4-3-5-9-14)13-21-17(22)12-25-16-11-7-6-10-15(16)20/h3-11H,2,12-13H2,1H3,(H,21,22)(H,23,24). The SMILES string of the molecule is CCC(CNC(=O)COc1ccccc1Cl)(C(=O)O)c1ccccc1. The van der Waals surface area contributed by atoms with E-state index in [1.807, 2.05) is 6.07 Å². The Kier molecular flexibility index (Phi) is 6.42. The predicted molar refractivity (Wildman–Crippen MR) is 96.0 cm³/mol. The molecule has 0 heterocycles. The number of carboxylic acid groups (broad SMARTS) is 1. The quantitative estimate of drug-likeness (QED) is 0.756. The van der Waals surface area contributed by atoms with Crippen molar-refractivity contribution in [2.45, 2.75) is 18.8 Å². The van der Waals surface area contributed by atoms with Crippen molar-refractivity contribution in [3.63, 3.8) is 0 Å². The van der Waals surface area contributed by atoms with Crippen molar-refractivity contribution >= 4 is 23.5 Å². The maximum atomic E-state index is 12.1. The van der Waals surface area contributed by atoms with Gasteiger partial charge in [0.1, 0.15) is 11.2 Å². The largest absolute Gasteiger partial charge is 0.482 e. The van der Waals surface area contributed by atoms with Crippen LogP contribution in [0, 0.1) is 0 Å². The van der Waals surface area contributed by atoms with Crippen LogP contribution >= 0.6 is 11.6 Å². The van der Waals surface area contributed by atoms with Gasteiger partial charge < -0.3 is 15.2 Å². The molecule has 0 radical (unpaired) electrons. The van der Waals surface area contributed by atoms with Crippen molar-refractivity contribution in [1.29, 1.82) is 0 Å². The second-order valence-electron chi connectivity index (χ2n) is 5.60. The van der Waals surface area contributed by atoms with E-state index in [2.05, 4.69) is 5.32 Å². The van der Waals surface area contributed by atoms with Crippen LogP contribution in [0.15, 0.2) is 54.6 Å². The highest BCUT2D eigenvalue weighted by Crippen LogP contribution is 2.28. The molecular weight excluding hydrogens is 342 g/mol. The zero-order valence-electron chi connectivity index (χ0n) is 13.9.